The Hall–Kier alpha value is -2.20. The van der Waals surface area contributed by atoms with Crippen molar-refractivity contribution in [1.29, 1.82) is 0 Å². The highest BCUT2D eigenvalue weighted by Gasteiger charge is 2.14. The Kier molecular flexibility index (Phi) is 2.89. The van der Waals surface area contributed by atoms with Crippen molar-refractivity contribution >= 4 is 5.70 Å². The number of rotatable bonds is 1. The third-order valence-corrected chi connectivity index (χ3v) is 3.06. The van der Waals surface area contributed by atoms with Crippen LogP contribution >= 0.6 is 0 Å². The molecule has 0 N–H and O–H groups in total. The van der Waals surface area contributed by atoms with Crippen molar-refractivity contribution in [3.63, 3.8) is 0 Å². The molecule has 1 aliphatic heterocycles. The fraction of sp³-hybridized carbons (Fsp3) is 0.125. The molecule has 1 nitrogen and oxygen atoms in total. The Bertz CT molecular complexity index is 550. The van der Waals surface area contributed by atoms with Crippen LogP contribution in [0, 0.1) is 12.3 Å². The van der Waals surface area contributed by atoms with Crippen molar-refractivity contribution in [2.24, 2.45) is 0 Å². The summed E-state index contributed by atoms with van der Waals surface area (Å²) in [6.07, 6.45) is 9.54. The molecular formula is C16H15N. The van der Waals surface area contributed by atoms with Gasteiger partial charge in [-0.3, -0.25) is 0 Å². The van der Waals surface area contributed by atoms with Crippen LogP contribution in [0.4, 0.5) is 0 Å². The van der Waals surface area contributed by atoms with E-state index in [0.29, 0.717) is 0 Å². The van der Waals surface area contributed by atoms with Crippen LogP contribution in [0.25, 0.3) is 5.70 Å². The quantitative estimate of drug-likeness (QED) is 0.657. The summed E-state index contributed by atoms with van der Waals surface area (Å²) in [5.74, 6) is 2.62. The molecule has 1 aromatic carbocycles. The average molecular weight is 221 g/mol. The SMILES string of the molecule is C#Cc1ccc(C2=CC=C(C)C(=C)N2C)cc1. The molecule has 1 heteroatoms. The number of benzene rings is 1. The van der Waals surface area contributed by atoms with Gasteiger partial charge in [0.25, 0.3) is 0 Å². The van der Waals surface area contributed by atoms with E-state index >= 15 is 0 Å². The number of terminal acetylenes is 1. The predicted molar refractivity (Wildman–Crippen MR) is 73.0 cm³/mol. The summed E-state index contributed by atoms with van der Waals surface area (Å²) in [5, 5.41) is 0. The molecule has 2 rings (SSSR count). The predicted octanol–water partition coefficient (Wildman–Crippen LogP) is 3.41. The van der Waals surface area contributed by atoms with Gasteiger partial charge in [-0.15, -0.1) is 6.42 Å². The van der Waals surface area contributed by atoms with E-state index in [4.69, 9.17) is 6.42 Å². The van der Waals surface area contributed by atoms with Gasteiger partial charge in [-0.25, -0.2) is 0 Å². The fourth-order valence-corrected chi connectivity index (χ4v) is 1.85. The van der Waals surface area contributed by atoms with Gasteiger partial charge in [0.15, 0.2) is 0 Å². The second kappa shape index (κ2) is 4.35. The van der Waals surface area contributed by atoms with Crippen LogP contribution in [-0.4, -0.2) is 11.9 Å². The Balaban J connectivity index is 2.40. The van der Waals surface area contributed by atoms with Crippen molar-refractivity contribution < 1.29 is 0 Å². The van der Waals surface area contributed by atoms with Gasteiger partial charge in [0.1, 0.15) is 0 Å². The van der Waals surface area contributed by atoms with Gasteiger partial charge in [-0.2, -0.15) is 0 Å². The molecule has 0 aliphatic carbocycles. The fourth-order valence-electron chi connectivity index (χ4n) is 1.85. The van der Waals surface area contributed by atoms with Crippen molar-refractivity contribution in [3.05, 3.63) is 65.4 Å². The van der Waals surface area contributed by atoms with E-state index in [0.717, 1.165) is 22.5 Å². The Morgan fingerprint density at radius 3 is 2.41 bits per heavy atom. The lowest BCUT2D eigenvalue weighted by molar-refractivity contribution is 0.603. The highest BCUT2D eigenvalue weighted by Crippen LogP contribution is 2.28. The van der Waals surface area contributed by atoms with Gasteiger partial charge >= 0.3 is 0 Å². The molecule has 17 heavy (non-hydrogen) atoms. The summed E-state index contributed by atoms with van der Waals surface area (Å²) in [5.41, 5.74) is 5.42. The van der Waals surface area contributed by atoms with Gasteiger partial charge in [0, 0.05) is 24.0 Å². The van der Waals surface area contributed by atoms with Crippen LogP contribution < -0.4 is 0 Å². The topological polar surface area (TPSA) is 3.24 Å². The standard InChI is InChI=1S/C16H15N/c1-5-14-7-9-15(10-8-14)16-11-6-12(2)13(3)17(16)4/h1,6-11H,3H2,2,4H3. The van der Waals surface area contributed by atoms with Crippen molar-refractivity contribution in [2.75, 3.05) is 7.05 Å². The smallest absolute Gasteiger partial charge is 0.0481 e. The van der Waals surface area contributed by atoms with Gasteiger partial charge in [0.05, 0.1) is 0 Å². The van der Waals surface area contributed by atoms with Crippen LogP contribution in [0.15, 0.2) is 54.3 Å². The lowest BCUT2D eigenvalue weighted by Gasteiger charge is -2.28. The number of allylic oxidation sites excluding steroid dienone is 3. The third-order valence-electron chi connectivity index (χ3n) is 3.06. The minimum Gasteiger partial charge on any atom is -0.344 e. The van der Waals surface area contributed by atoms with Crippen molar-refractivity contribution in [3.8, 4) is 12.3 Å². The minimum atomic E-state index is 0.901. The normalized spacial score (nSPS) is 15.1. The zero-order valence-corrected chi connectivity index (χ0v) is 10.2. The number of hydrogen-bond donors (Lipinski definition) is 0. The summed E-state index contributed by atoms with van der Waals surface area (Å²) >= 11 is 0. The highest BCUT2D eigenvalue weighted by molar-refractivity contribution is 5.70. The molecular weight excluding hydrogens is 206 g/mol. The molecule has 1 aromatic rings. The molecule has 1 heterocycles. The molecule has 0 fully saturated rings. The molecule has 0 aromatic heterocycles. The van der Waals surface area contributed by atoms with Crippen LogP contribution in [-0.2, 0) is 0 Å². The van der Waals surface area contributed by atoms with Gasteiger partial charge in [-0.1, -0.05) is 30.7 Å². The molecule has 0 unspecified atom stereocenters. The van der Waals surface area contributed by atoms with E-state index in [-0.39, 0.29) is 0 Å². The lowest BCUT2D eigenvalue weighted by atomic mass is 10.0. The van der Waals surface area contributed by atoms with Crippen molar-refractivity contribution in [2.45, 2.75) is 6.92 Å². The van der Waals surface area contributed by atoms with Gasteiger partial charge in [0.2, 0.25) is 0 Å². The molecule has 0 atom stereocenters. The zero-order valence-electron chi connectivity index (χ0n) is 10.2. The van der Waals surface area contributed by atoms with E-state index in [9.17, 15) is 0 Å². The summed E-state index contributed by atoms with van der Waals surface area (Å²) in [4.78, 5) is 2.10. The van der Waals surface area contributed by atoms with Crippen molar-refractivity contribution in [1.82, 2.24) is 4.90 Å². The molecule has 0 spiro atoms. The van der Waals surface area contributed by atoms with E-state index < -0.39 is 0 Å². The largest absolute Gasteiger partial charge is 0.344 e. The van der Waals surface area contributed by atoms with Gasteiger partial charge < -0.3 is 4.90 Å². The zero-order chi connectivity index (χ0) is 12.4. The second-order valence-corrected chi connectivity index (χ2v) is 4.13. The van der Waals surface area contributed by atoms with Crippen LogP contribution in [0.5, 0.6) is 0 Å². The second-order valence-electron chi connectivity index (χ2n) is 4.13. The summed E-state index contributed by atoms with van der Waals surface area (Å²) < 4.78 is 0. The molecule has 1 aliphatic rings. The van der Waals surface area contributed by atoms with Crippen LogP contribution in [0.3, 0.4) is 0 Å². The summed E-state index contributed by atoms with van der Waals surface area (Å²) in [6, 6.07) is 7.99. The maximum atomic E-state index is 5.35. The first-order valence-corrected chi connectivity index (χ1v) is 5.52. The highest BCUT2D eigenvalue weighted by atomic mass is 15.1. The van der Waals surface area contributed by atoms with Crippen LogP contribution in [0.1, 0.15) is 18.1 Å². The summed E-state index contributed by atoms with van der Waals surface area (Å²) in [6.45, 7) is 6.13. The van der Waals surface area contributed by atoms with E-state index in [1.54, 1.807) is 0 Å². The molecule has 0 saturated carbocycles. The van der Waals surface area contributed by atoms with E-state index in [1.807, 2.05) is 31.3 Å². The summed E-state index contributed by atoms with van der Waals surface area (Å²) in [7, 11) is 2.03. The maximum Gasteiger partial charge on any atom is 0.0481 e. The minimum absolute atomic E-state index is 0.901. The average Bonchev–Trinajstić information content (AvgIpc) is 2.36. The molecule has 0 amide bonds. The van der Waals surface area contributed by atoms with Crippen LogP contribution in [0.2, 0.25) is 0 Å². The molecule has 0 saturated heterocycles. The molecule has 84 valence electrons. The molecule has 0 radical (unpaired) electrons. The third kappa shape index (κ3) is 2.03. The first kappa shape index (κ1) is 11.3. The van der Waals surface area contributed by atoms with Gasteiger partial charge in [-0.05, 0) is 36.3 Å². The Morgan fingerprint density at radius 1 is 1.18 bits per heavy atom. The first-order valence-electron chi connectivity index (χ1n) is 5.52. The first-order chi connectivity index (χ1) is 8.13. The number of nitrogens with zero attached hydrogens (tertiary/aromatic N) is 1. The Morgan fingerprint density at radius 2 is 1.82 bits per heavy atom. The number of likely N-dealkylation sites (N-methyl/N-ethyl adjacent to an activating group) is 1. The Labute approximate surface area is 103 Å². The lowest BCUT2D eigenvalue weighted by Crippen LogP contribution is -2.18. The monoisotopic (exact) mass is 221 g/mol. The molecule has 0 bridgehead atoms. The number of hydrogen-bond acceptors (Lipinski definition) is 1. The maximum absolute atomic E-state index is 5.35. The van der Waals surface area contributed by atoms with E-state index in [1.165, 1.54) is 5.57 Å². The van der Waals surface area contributed by atoms with E-state index in [2.05, 4.69) is 36.5 Å².